The lowest BCUT2D eigenvalue weighted by molar-refractivity contribution is 0.289. The molecule has 17 heavy (non-hydrogen) atoms. The third kappa shape index (κ3) is 1.42. The molecule has 4 aliphatic rings. The Morgan fingerprint density at radius 1 is 1.29 bits per heavy atom. The van der Waals surface area contributed by atoms with E-state index in [1.807, 2.05) is 6.20 Å². The molecule has 1 spiro atoms. The van der Waals surface area contributed by atoms with Crippen molar-refractivity contribution in [3.63, 3.8) is 0 Å². The number of rotatable bonds is 0. The lowest BCUT2D eigenvalue weighted by Gasteiger charge is -2.37. The highest BCUT2D eigenvalue weighted by Crippen LogP contribution is 2.54. The van der Waals surface area contributed by atoms with E-state index in [9.17, 15) is 0 Å². The molecule has 0 saturated carbocycles. The Hall–Kier alpha value is -0.800. The Morgan fingerprint density at radius 2 is 2.18 bits per heavy atom. The smallest absolute Gasteiger partial charge is 0.0517 e. The number of allylic oxidation sites excluding steroid dienone is 4. The molecule has 0 atom stereocenters. The maximum absolute atomic E-state index is 4.50. The van der Waals surface area contributed by atoms with Gasteiger partial charge < -0.3 is 5.32 Å². The van der Waals surface area contributed by atoms with E-state index in [0.717, 1.165) is 6.42 Å². The van der Waals surface area contributed by atoms with Crippen molar-refractivity contribution in [2.75, 3.05) is 18.8 Å². The summed E-state index contributed by atoms with van der Waals surface area (Å²) >= 11 is 2.07. The van der Waals surface area contributed by atoms with E-state index in [1.54, 1.807) is 10.5 Å². The Bertz CT molecular complexity index is 490. The summed E-state index contributed by atoms with van der Waals surface area (Å²) in [6, 6.07) is 0. The van der Waals surface area contributed by atoms with Gasteiger partial charge in [-0.25, -0.2) is 0 Å². The maximum atomic E-state index is 4.50. The number of piperidine rings is 1. The molecule has 3 aliphatic heterocycles. The molecule has 0 amide bonds. The van der Waals surface area contributed by atoms with Gasteiger partial charge in [-0.1, -0.05) is 0 Å². The highest BCUT2D eigenvalue weighted by molar-refractivity contribution is 8.03. The number of aliphatic imine (C=N–C) groups is 1. The molecular weight excluding hydrogens is 228 g/mol. The minimum absolute atomic E-state index is 0.485. The van der Waals surface area contributed by atoms with Crippen molar-refractivity contribution in [2.24, 2.45) is 10.4 Å². The lowest BCUT2D eigenvalue weighted by Crippen LogP contribution is -2.39. The predicted octanol–water partition coefficient (Wildman–Crippen LogP) is 2.66. The largest absolute Gasteiger partial charge is 0.317 e. The first-order valence-corrected chi connectivity index (χ1v) is 7.38. The number of hydrogen-bond donors (Lipinski definition) is 1. The molecular formula is C14H16N2S. The molecule has 0 unspecified atom stereocenters. The van der Waals surface area contributed by atoms with Gasteiger partial charge in [0.1, 0.15) is 0 Å². The number of nitrogens with zero attached hydrogens (tertiary/aromatic N) is 1. The highest BCUT2D eigenvalue weighted by atomic mass is 32.2. The van der Waals surface area contributed by atoms with Crippen molar-refractivity contribution in [1.82, 2.24) is 5.32 Å². The van der Waals surface area contributed by atoms with E-state index in [1.165, 1.54) is 43.0 Å². The molecule has 0 bridgehead atoms. The monoisotopic (exact) mass is 244 g/mol. The van der Waals surface area contributed by atoms with Crippen LogP contribution in [0.1, 0.15) is 19.3 Å². The Labute approximate surface area is 106 Å². The first kappa shape index (κ1) is 10.2. The van der Waals surface area contributed by atoms with Gasteiger partial charge in [0, 0.05) is 28.7 Å². The average Bonchev–Trinajstić information content (AvgIpc) is 2.94. The van der Waals surface area contributed by atoms with Crippen molar-refractivity contribution in [3.8, 4) is 0 Å². The molecule has 0 aromatic heterocycles. The van der Waals surface area contributed by atoms with Crippen molar-refractivity contribution in [1.29, 1.82) is 0 Å². The molecule has 3 heteroatoms. The molecule has 4 rings (SSSR count). The maximum Gasteiger partial charge on any atom is 0.0517 e. The third-order valence-electron chi connectivity index (χ3n) is 4.45. The van der Waals surface area contributed by atoms with Gasteiger partial charge in [-0.15, -0.1) is 11.8 Å². The quantitative estimate of drug-likeness (QED) is 0.708. The Morgan fingerprint density at radius 3 is 3.06 bits per heavy atom. The summed E-state index contributed by atoms with van der Waals surface area (Å²) in [4.78, 5) is 6.05. The van der Waals surface area contributed by atoms with Crippen LogP contribution in [0.5, 0.6) is 0 Å². The predicted molar refractivity (Wildman–Crippen MR) is 73.3 cm³/mol. The van der Waals surface area contributed by atoms with Crippen LogP contribution < -0.4 is 5.32 Å². The van der Waals surface area contributed by atoms with Crippen LogP contribution >= 0.6 is 11.8 Å². The van der Waals surface area contributed by atoms with Gasteiger partial charge in [-0.2, -0.15) is 0 Å². The lowest BCUT2D eigenvalue weighted by atomic mass is 9.71. The zero-order valence-electron chi connectivity index (χ0n) is 9.83. The fourth-order valence-electron chi connectivity index (χ4n) is 3.37. The van der Waals surface area contributed by atoms with Gasteiger partial charge in [0.15, 0.2) is 0 Å². The van der Waals surface area contributed by atoms with Crippen LogP contribution in [0.3, 0.4) is 0 Å². The summed E-state index contributed by atoms with van der Waals surface area (Å²) in [5, 5.41) is 3.49. The first-order valence-electron chi connectivity index (χ1n) is 6.40. The van der Waals surface area contributed by atoms with E-state index in [-0.39, 0.29) is 0 Å². The van der Waals surface area contributed by atoms with Gasteiger partial charge in [0.25, 0.3) is 0 Å². The number of fused-ring (bicyclic) bond motifs is 2. The normalized spacial score (nSPS) is 29.2. The molecule has 0 aromatic rings. The first-order chi connectivity index (χ1) is 8.37. The molecule has 1 saturated heterocycles. The van der Waals surface area contributed by atoms with Crippen LogP contribution in [0.15, 0.2) is 39.4 Å². The molecule has 88 valence electrons. The van der Waals surface area contributed by atoms with E-state index in [4.69, 9.17) is 0 Å². The summed E-state index contributed by atoms with van der Waals surface area (Å²) in [7, 11) is 0. The zero-order chi connectivity index (χ0) is 11.3. The number of thioether (sulfide) groups is 1. The average molecular weight is 244 g/mol. The second-order valence-corrected chi connectivity index (χ2v) is 6.35. The van der Waals surface area contributed by atoms with Crippen molar-refractivity contribution < 1.29 is 0 Å². The standard InChI is InChI=1S/C14H16N2S/c1-4-16-12-8-11-13(7-10(1)12)17-9-14(11)2-5-15-6-3-14/h1,4,7,15H,2-3,5-6,8-9H2. The van der Waals surface area contributed by atoms with E-state index < -0.39 is 0 Å². The Kier molecular flexibility index (Phi) is 2.15. The minimum atomic E-state index is 0.485. The molecule has 2 nitrogen and oxygen atoms in total. The van der Waals surface area contributed by atoms with Gasteiger partial charge >= 0.3 is 0 Å². The topological polar surface area (TPSA) is 24.4 Å². The van der Waals surface area contributed by atoms with E-state index >= 15 is 0 Å². The van der Waals surface area contributed by atoms with Gasteiger partial charge in [0.05, 0.1) is 5.71 Å². The molecule has 3 heterocycles. The fraction of sp³-hybridized carbons (Fsp3) is 0.500. The van der Waals surface area contributed by atoms with Crippen LogP contribution in [0, 0.1) is 5.41 Å². The summed E-state index contributed by atoms with van der Waals surface area (Å²) < 4.78 is 0. The van der Waals surface area contributed by atoms with Crippen molar-refractivity contribution >= 4 is 17.5 Å². The third-order valence-corrected chi connectivity index (χ3v) is 5.82. The van der Waals surface area contributed by atoms with Crippen molar-refractivity contribution in [2.45, 2.75) is 19.3 Å². The Balaban J connectivity index is 1.75. The van der Waals surface area contributed by atoms with Crippen LogP contribution in [0.2, 0.25) is 0 Å². The summed E-state index contributed by atoms with van der Waals surface area (Å²) in [6.07, 6.45) is 10.2. The van der Waals surface area contributed by atoms with Gasteiger partial charge in [-0.05, 0) is 49.2 Å². The molecule has 1 N–H and O–H groups in total. The van der Waals surface area contributed by atoms with Crippen LogP contribution in [0.25, 0.3) is 0 Å². The molecule has 1 aliphatic carbocycles. The molecule has 0 aromatic carbocycles. The summed E-state index contributed by atoms with van der Waals surface area (Å²) in [5.74, 6) is 1.29. The van der Waals surface area contributed by atoms with E-state index in [2.05, 4.69) is 34.2 Å². The van der Waals surface area contributed by atoms with Gasteiger partial charge in [-0.3, -0.25) is 4.99 Å². The zero-order valence-corrected chi connectivity index (χ0v) is 10.6. The number of hydrogen-bond acceptors (Lipinski definition) is 3. The second kappa shape index (κ2) is 3.59. The van der Waals surface area contributed by atoms with Crippen molar-refractivity contribution in [3.05, 3.63) is 34.4 Å². The summed E-state index contributed by atoms with van der Waals surface area (Å²) in [6.45, 7) is 2.36. The minimum Gasteiger partial charge on any atom is -0.317 e. The van der Waals surface area contributed by atoms with Crippen LogP contribution in [0.4, 0.5) is 0 Å². The van der Waals surface area contributed by atoms with Crippen LogP contribution in [-0.4, -0.2) is 24.6 Å². The number of nitrogens with one attached hydrogen (secondary N) is 1. The second-order valence-electron chi connectivity index (χ2n) is 5.33. The summed E-state index contributed by atoms with van der Waals surface area (Å²) in [5.41, 5.74) is 4.82. The SMILES string of the molecule is C1=CC2=CC3=C(CC2=N1)C1(CCNCC1)CS3. The fourth-order valence-corrected chi connectivity index (χ4v) is 4.94. The van der Waals surface area contributed by atoms with E-state index in [0.29, 0.717) is 5.41 Å². The highest BCUT2D eigenvalue weighted by Gasteiger charge is 2.43. The molecule has 1 fully saturated rings. The molecule has 0 radical (unpaired) electrons. The van der Waals surface area contributed by atoms with Gasteiger partial charge in [0.2, 0.25) is 0 Å². The van der Waals surface area contributed by atoms with Crippen LogP contribution in [-0.2, 0) is 0 Å².